The van der Waals surface area contributed by atoms with E-state index in [9.17, 15) is 9.90 Å². The smallest absolute Gasteiger partial charge is 0.258 e. The van der Waals surface area contributed by atoms with Gasteiger partial charge in [0.1, 0.15) is 5.75 Å². The molecule has 120 valence electrons. The normalized spacial score (nSPS) is 15.0. The highest BCUT2D eigenvalue weighted by atomic mass is 16.5. The van der Waals surface area contributed by atoms with Crippen molar-refractivity contribution in [2.75, 3.05) is 13.2 Å². The number of hydrogen-bond acceptors (Lipinski definition) is 3. The monoisotopic (exact) mass is 311 g/mol. The Morgan fingerprint density at radius 3 is 2.35 bits per heavy atom. The molecule has 4 nitrogen and oxygen atoms in total. The molecule has 4 heteroatoms. The van der Waals surface area contributed by atoms with Gasteiger partial charge in [0.05, 0.1) is 5.60 Å². The Morgan fingerprint density at radius 2 is 1.74 bits per heavy atom. The van der Waals surface area contributed by atoms with Gasteiger partial charge in [0.15, 0.2) is 6.61 Å². The van der Waals surface area contributed by atoms with Crippen molar-refractivity contribution in [1.82, 2.24) is 5.32 Å². The molecule has 2 aromatic carbocycles. The lowest BCUT2D eigenvalue weighted by atomic mass is 10.0. The Morgan fingerprint density at radius 1 is 1.13 bits per heavy atom. The summed E-state index contributed by atoms with van der Waals surface area (Å²) in [4.78, 5) is 11.9. The van der Waals surface area contributed by atoms with E-state index in [1.807, 2.05) is 55.5 Å². The van der Waals surface area contributed by atoms with E-state index in [1.165, 1.54) is 0 Å². The number of aliphatic hydroxyl groups is 1. The largest absolute Gasteiger partial charge is 0.484 e. The van der Waals surface area contributed by atoms with E-state index in [-0.39, 0.29) is 19.1 Å². The average Bonchev–Trinajstić information content (AvgIpc) is 2.89. The molecule has 0 aromatic heterocycles. The quantitative estimate of drug-likeness (QED) is 0.888. The highest BCUT2D eigenvalue weighted by molar-refractivity contribution is 5.77. The molecule has 0 saturated carbocycles. The summed E-state index contributed by atoms with van der Waals surface area (Å²) in [6.07, 6.45) is 1.14. The van der Waals surface area contributed by atoms with Crippen molar-refractivity contribution in [2.24, 2.45) is 0 Å². The van der Waals surface area contributed by atoms with E-state index in [4.69, 9.17) is 4.74 Å². The number of carbonyl (C=O) groups is 1. The van der Waals surface area contributed by atoms with Crippen LogP contribution in [0.4, 0.5) is 0 Å². The van der Waals surface area contributed by atoms with E-state index >= 15 is 0 Å². The molecule has 0 atom stereocenters. The maximum atomic E-state index is 11.9. The number of carbonyl (C=O) groups excluding carboxylic acids is 1. The minimum absolute atomic E-state index is 0.0495. The summed E-state index contributed by atoms with van der Waals surface area (Å²) in [5.41, 5.74) is 2.55. The van der Waals surface area contributed by atoms with E-state index < -0.39 is 5.60 Å². The third-order valence-corrected chi connectivity index (χ3v) is 4.16. The highest BCUT2D eigenvalue weighted by Crippen LogP contribution is 2.29. The first-order chi connectivity index (χ1) is 11.0. The third kappa shape index (κ3) is 3.90. The minimum Gasteiger partial charge on any atom is -0.484 e. The summed E-state index contributed by atoms with van der Waals surface area (Å²) < 4.78 is 5.44. The number of aryl methyl sites for hydroxylation is 1. The molecule has 2 aromatic rings. The standard InChI is InChI=1S/C19H21NO3/c1-14-6-8-17(9-7-14)23-12-18(21)20-13-19(22)10-15-4-2-3-5-16(15)11-19/h2-9,22H,10-13H2,1H3,(H,20,21). The van der Waals surface area contributed by atoms with Crippen LogP contribution in [0.5, 0.6) is 5.75 Å². The van der Waals surface area contributed by atoms with Crippen molar-refractivity contribution < 1.29 is 14.6 Å². The lowest BCUT2D eigenvalue weighted by molar-refractivity contribution is -0.124. The Kier molecular flexibility index (Phi) is 4.35. The number of benzene rings is 2. The van der Waals surface area contributed by atoms with E-state index in [0.717, 1.165) is 16.7 Å². The van der Waals surface area contributed by atoms with Crippen LogP contribution in [-0.2, 0) is 17.6 Å². The molecule has 1 amide bonds. The van der Waals surface area contributed by atoms with Crippen LogP contribution in [-0.4, -0.2) is 29.8 Å². The van der Waals surface area contributed by atoms with Gasteiger partial charge in [0, 0.05) is 19.4 Å². The van der Waals surface area contributed by atoms with Crippen molar-refractivity contribution in [1.29, 1.82) is 0 Å². The van der Waals surface area contributed by atoms with Crippen molar-refractivity contribution in [3.8, 4) is 5.75 Å². The molecule has 0 aliphatic heterocycles. The molecule has 0 saturated heterocycles. The Labute approximate surface area is 136 Å². The van der Waals surface area contributed by atoms with Crippen LogP contribution >= 0.6 is 0 Å². The summed E-state index contributed by atoms with van der Waals surface area (Å²) in [6.45, 7) is 2.18. The number of nitrogens with one attached hydrogen (secondary N) is 1. The van der Waals surface area contributed by atoms with Crippen LogP contribution in [0.3, 0.4) is 0 Å². The number of amides is 1. The molecular formula is C19H21NO3. The Hall–Kier alpha value is -2.33. The second-order valence-electron chi connectivity index (χ2n) is 6.23. The molecule has 0 heterocycles. The van der Waals surface area contributed by atoms with E-state index in [1.54, 1.807) is 0 Å². The van der Waals surface area contributed by atoms with Crippen LogP contribution in [0.2, 0.25) is 0 Å². The fourth-order valence-electron chi connectivity index (χ4n) is 2.90. The van der Waals surface area contributed by atoms with Gasteiger partial charge in [-0.25, -0.2) is 0 Å². The summed E-state index contributed by atoms with van der Waals surface area (Å²) >= 11 is 0. The Balaban J connectivity index is 1.47. The molecular weight excluding hydrogens is 290 g/mol. The van der Waals surface area contributed by atoms with Crippen LogP contribution in [0.15, 0.2) is 48.5 Å². The van der Waals surface area contributed by atoms with Gasteiger partial charge < -0.3 is 15.2 Å². The van der Waals surface area contributed by atoms with Gasteiger partial charge >= 0.3 is 0 Å². The number of ether oxygens (including phenoxy) is 1. The second-order valence-corrected chi connectivity index (χ2v) is 6.23. The molecule has 2 N–H and O–H groups in total. The van der Waals surface area contributed by atoms with Gasteiger partial charge in [0.2, 0.25) is 0 Å². The van der Waals surface area contributed by atoms with Crippen LogP contribution in [0, 0.1) is 6.92 Å². The van der Waals surface area contributed by atoms with Crippen molar-refractivity contribution in [2.45, 2.75) is 25.4 Å². The lowest BCUT2D eigenvalue weighted by Crippen LogP contribution is -2.45. The van der Waals surface area contributed by atoms with Crippen LogP contribution in [0.25, 0.3) is 0 Å². The van der Waals surface area contributed by atoms with Gasteiger partial charge in [-0.15, -0.1) is 0 Å². The molecule has 1 aliphatic carbocycles. The third-order valence-electron chi connectivity index (χ3n) is 4.16. The highest BCUT2D eigenvalue weighted by Gasteiger charge is 2.35. The van der Waals surface area contributed by atoms with Gasteiger partial charge in [-0.2, -0.15) is 0 Å². The molecule has 1 aliphatic rings. The number of hydrogen-bond donors (Lipinski definition) is 2. The first kappa shape index (κ1) is 15.6. The van der Waals surface area contributed by atoms with E-state index in [0.29, 0.717) is 18.6 Å². The fraction of sp³-hybridized carbons (Fsp3) is 0.316. The summed E-state index contributed by atoms with van der Waals surface area (Å²) in [5, 5.41) is 13.4. The van der Waals surface area contributed by atoms with Gasteiger partial charge in [0.25, 0.3) is 5.91 Å². The second kappa shape index (κ2) is 6.42. The number of rotatable bonds is 5. The van der Waals surface area contributed by atoms with Crippen molar-refractivity contribution in [3.05, 3.63) is 65.2 Å². The zero-order valence-electron chi connectivity index (χ0n) is 13.2. The van der Waals surface area contributed by atoms with Crippen LogP contribution in [0.1, 0.15) is 16.7 Å². The summed E-state index contributed by atoms with van der Waals surface area (Å²) in [6, 6.07) is 15.5. The minimum atomic E-state index is -0.900. The van der Waals surface area contributed by atoms with Crippen molar-refractivity contribution in [3.63, 3.8) is 0 Å². The van der Waals surface area contributed by atoms with Gasteiger partial charge in [-0.1, -0.05) is 42.0 Å². The van der Waals surface area contributed by atoms with Gasteiger partial charge in [-0.3, -0.25) is 4.79 Å². The van der Waals surface area contributed by atoms with E-state index in [2.05, 4.69) is 5.32 Å². The molecule has 0 radical (unpaired) electrons. The predicted octanol–water partition coefficient (Wildman–Crippen LogP) is 2.02. The summed E-state index contributed by atoms with van der Waals surface area (Å²) in [5.74, 6) is 0.438. The predicted molar refractivity (Wildman–Crippen MR) is 88.5 cm³/mol. The molecule has 0 fully saturated rings. The first-order valence-electron chi connectivity index (χ1n) is 7.79. The zero-order valence-corrected chi connectivity index (χ0v) is 13.2. The topological polar surface area (TPSA) is 58.6 Å². The molecule has 0 unspecified atom stereocenters. The maximum absolute atomic E-state index is 11.9. The number of fused-ring (bicyclic) bond motifs is 1. The molecule has 0 bridgehead atoms. The molecule has 3 rings (SSSR count). The zero-order chi connectivity index (χ0) is 16.3. The fourth-order valence-corrected chi connectivity index (χ4v) is 2.90. The summed E-state index contributed by atoms with van der Waals surface area (Å²) in [7, 11) is 0. The Bertz CT molecular complexity index is 669. The van der Waals surface area contributed by atoms with Gasteiger partial charge in [-0.05, 0) is 30.2 Å². The molecule has 0 spiro atoms. The maximum Gasteiger partial charge on any atom is 0.258 e. The first-order valence-corrected chi connectivity index (χ1v) is 7.79. The van der Waals surface area contributed by atoms with Crippen molar-refractivity contribution >= 4 is 5.91 Å². The lowest BCUT2D eigenvalue weighted by Gasteiger charge is -2.22. The SMILES string of the molecule is Cc1ccc(OCC(=O)NCC2(O)Cc3ccccc3C2)cc1. The average molecular weight is 311 g/mol. The van der Waals surface area contributed by atoms with Crippen LogP contribution < -0.4 is 10.1 Å². The molecule has 23 heavy (non-hydrogen) atoms.